The molecule has 2 fully saturated rings. The first kappa shape index (κ1) is 16.7. The van der Waals surface area contributed by atoms with E-state index in [1.54, 1.807) is 30.3 Å². The Bertz CT molecular complexity index is 763. The van der Waals surface area contributed by atoms with Gasteiger partial charge in [-0.1, -0.05) is 18.2 Å². The maximum atomic E-state index is 13.9. The minimum Gasteiger partial charge on any atom is -0.373 e. The van der Waals surface area contributed by atoms with Crippen LogP contribution in [0.3, 0.4) is 0 Å². The van der Waals surface area contributed by atoms with Crippen LogP contribution in [0.4, 0.5) is 4.39 Å². The number of benzene rings is 1. The van der Waals surface area contributed by atoms with E-state index in [1.165, 1.54) is 30.2 Å². The third kappa shape index (κ3) is 3.61. The molecule has 3 heterocycles. The second-order valence-corrected chi connectivity index (χ2v) is 7.68. The van der Waals surface area contributed by atoms with Crippen LogP contribution in [0.25, 0.3) is 10.4 Å². The molecule has 2 aliphatic heterocycles. The molecule has 0 bridgehead atoms. The van der Waals surface area contributed by atoms with Gasteiger partial charge in [-0.25, -0.2) is 4.39 Å². The lowest BCUT2D eigenvalue weighted by Crippen LogP contribution is -2.50. The average Bonchev–Trinajstić information content (AvgIpc) is 3.29. The highest BCUT2D eigenvalue weighted by atomic mass is 32.1. The smallest absolute Gasteiger partial charge is 0.261 e. The summed E-state index contributed by atoms with van der Waals surface area (Å²) in [4.78, 5) is 16.2. The molecule has 1 amide bonds. The summed E-state index contributed by atoms with van der Waals surface area (Å²) in [5, 5.41) is 2.95. The molecule has 0 radical (unpaired) electrons. The quantitative estimate of drug-likeness (QED) is 0.911. The molecule has 1 N–H and O–H groups in total. The van der Waals surface area contributed by atoms with E-state index in [-0.39, 0.29) is 17.8 Å². The van der Waals surface area contributed by atoms with Crippen molar-refractivity contribution in [2.75, 3.05) is 26.2 Å². The number of fused-ring (bicyclic) bond motifs is 1. The highest BCUT2D eigenvalue weighted by molar-refractivity contribution is 7.17. The molecule has 132 valence electrons. The van der Waals surface area contributed by atoms with Crippen LogP contribution in [0.1, 0.15) is 22.5 Å². The molecule has 2 unspecified atom stereocenters. The van der Waals surface area contributed by atoms with E-state index in [0.29, 0.717) is 23.0 Å². The van der Waals surface area contributed by atoms with Gasteiger partial charge in [-0.2, -0.15) is 0 Å². The number of morpholine rings is 1. The number of hydrogen-bond donors (Lipinski definition) is 1. The number of ether oxygens (including phenoxy) is 1. The lowest BCUT2D eigenvalue weighted by molar-refractivity contribution is -0.0461. The summed E-state index contributed by atoms with van der Waals surface area (Å²) < 4.78 is 19.7. The Morgan fingerprint density at radius 3 is 3.08 bits per heavy atom. The molecule has 2 aromatic rings. The molecule has 0 saturated carbocycles. The van der Waals surface area contributed by atoms with Crippen LogP contribution < -0.4 is 5.32 Å². The molecule has 0 spiro atoms. The average molecular weight is 360 g/mol. The minimum absolute atomic E-state index is 0.0456. The van der Waals surface area contributed by atoms with Gasteiger partial charge in [0.15, 0.2) is 0 Å². The molecule has 4 nitrogen and oxygen atoms in total. The molecule has 6 heteroatoms. The lowest BCUT2D eigenvalue weighted by atomic mass is 10.2. The van der Waals surface area contributed by atoms with Crippen molar-refractivity contribution in [3.05, 3.63) is 47.1 Å². The summed E-state index contributed by atoms with van der Waals surface area (Å²) >= 11 is 1.31. The maximum absolute atomic E-state index is 13.9. The Kier molecular flexibility index (Phi) is 4.83. The molecule has 1 aromatic carbocycles. The van der Waals surface area contributed by atoms with Gasteiger partial charge in [0.1, 0.15) is 5.82 Å². The number of nitrogens with zero attached hydrogens (tertiary/aromatic N) is 1. The van der Waals surface area contributed by atoms with Crippen molar-refractivity contribution in [2.45, 2.75) is 25.0 Å². The SMILES string of the molecule is O=C(NCC1CN2CCCC2CO1)c1ccc(-c2ccccc2F)s1. The molecular formula is C19H21FN2O2S. The van der Waals surface area contributed by atoms with E-state index < -0.39 is 0 Å². The van der Waals surface area contributed by atoms with Crippen molar-refractivity contribution in [2.24, 2.45) is 0 Å². The predicted octanol–water partition coefficient (Wildman–Crippen LogP) is 3.15. The molecule has 1 aromatic heterocycles. The number of hydrogen-bond acceptors (Lipinski definition) is 4. The fraction of sp³-hybridized carbons (Fsp3) is 0.421. The van der Waals surface area contributed by atoms with Crippen molar-refractivity contribution in [3.8, 4) is 10.4 Å². The predicted molar refractivity (Wildman–Crippen MR) is 96.4 cm³/mol. The summed E-state index contributed by atoms with van der Waals surface area (Å²) in [6, 6.07) is 10.7. The Balaban J connectivity index is 1.35. The Hall–Kier alpha value is -1.76. The summed E-state index contributed by atoms with van der Waals surface area (Å²) in [5.74, 6) is -0.396. The van der Waals surface area contributed by atoms with Gasteiger partial charge in [-0.3, -0.25) is 9.69 Å². The molecule has 25 heavy (non-hydrogen) atoms. The van der Waals surface area contributed by atoms with Gasteiger partial charge >= 0.3 is 0 Å². The topological polar surface area (TPSA) is 41.6 Å². The monoisotopic (exact) mass is 360 g/mol. The van der Waals surface area contributed by atoms with Crippen LogP contribution >= 0.6 is 11.3 Å². The number of amides is 1. The zero-order chi connectivity index (χ0) is 17.2. The first-order chi connectivity index (χ1) is 12.2. The van der Waals surface area contributed by atoms with Crippen LogP contribution in [0, 0.1) is 5.82 Å². The normalized spacial score (nSPS) is 23.4. The zero-order valence-electron chi connectivity index (χ0n) is 13.9. The molecule has 2 aliphatic rings. The second kappa shape index (κ2) is 7.23. The Morgan fingerprint density at radius 1 is 1.32 bits per heavy atom. The largest absolute Gasteiger partial charge is 0.373 e. The van der Waals surface area contributed by atoms with Gasteiger partial charge in [0.2, 0.25) is 0 Å². The van der Waals surface area contributed by atoms with Crippen LogP contribution in [0.15, 0.2) is 36.4 Å². The van der Waals surface area contributed by atoms with Gasteiger partial charge in [-0.05, 0) is 37.6 Å². The van der Waals surface area contributed by atoms with Crippen molar-refractivity contribution in [1.29, 1.82) is 0 Å². The lowest BCUT2D eigenvalue weighted by Gasteiger charge is -2.35. The number of carbonyl (C=O) groups is 1. The number of halogens is 1. The van der Waals surface area contributed by atoms with Gasteiger partial charge in [0, 0.05) is 29.6 Å². The van der Waals surface area contributed by atoms with Crippen molar-refractivity contribution < 1.29 is 13.9 Å². The summed E-state index contributed by atoms with van der Waals surface area (Å²) in [7, 11) is 0. The molecule has 2 atom stereocenters. The standard InChI is InChI=1S/C19H21FN2O2S/c20-16-6-2-1-5-15(16)17-7-8-18(25-17)19(23)21-10-14-11-22-9-3-4-13(22)12-24-14/h1-2,5-8,13-14H,3-4,9-12H2,(H,21,23). The van der Waals surface area contributed by atoms with Crippen LogP contribution in [-0.2, 0) is 4.74 Å². The van der Waals surface area contributed by atoms with E-state index >= 15 is 0 Å². The number of thiophene rings is 1. The van der Waals surface area contributed by atoms with Gasteiger partial charge in [0.05, 0.1) is 17.6 Å². The highest BCUT2D eigenvalue weighted by Crippen LogP contribution is 2.30. The van der Waals surface area contributed by atoms with Crippen LogP contribution in [0.5, 0.6) is 0 Å². The van der Waals surface area contributed by atoms with Crippen molar-refractivity contribution in [3.63, 3.8) is 0 Å². The minimum atomic E-state index is -0.271. The second-order valence-electron chi connectivity index (χ2n) is 6.60. The summed E-state index contributed by atoms with van der Waals surface area (Å²) in [5.41, 5.74) is 0.530. The first-order valence-electron chi connectivity index (χ1n) is 8.69. The third-order valence-corrected chi connectivity index (χ3v) is 6.04. The summed E-state index contributed by atoms with van der Waals surface area (Å²) in [6.07, 6.45) is 2.50. The number of nitrogens with one attached hydrogen (secondary N) is 1. The van der Waals surface area contributed by atoms with Gasteiger partial charge < -0.3 is 10.1 Å². The van der Waals surface area contributed by atoms with Crippen molar-refractivity contribution in [1.82, 2.24) is 10.2 Å². The van der Waals surface area contributed by atoms with Gasteiger partial charge in [0.25, 0.3) is 5.91 Å². The van der Waals surface area contributed by atoms with Crippen LogP contribution in [0.2, 0.25) is 0 Å². The molecule has 4 rings (SSSR count). The Morgan fingerprint density at radius 2 is 2.20 bits per heavy atom. The Labute approximate surface area is 150 Å². The number of carbonyl (C=O) groups excluding carboxylic acids is 1. The third-order valence-electron chi connectivity index (χ3n) is 4.92. The zero-order valence-corrected chi connectivity index (χ0v) is 14.7. The van der Waals surface area contributed by atoms with E-state index in [4.69, 9.17) is 4.74 Å². The van der Waals surface area contributed by atoms with E-state index in [2.05, 4.69) is 10.2 Å². The molecule has 2 saturated heterocycles. The van der Waals surface area contributed by atoms with E-state index in [0.717, 1.165) is 24.6 Å². The maximum Gasteiger partial charge on any atom is 0.261 e. The first-order valence-corrected chi connectivity index (χ1v) is 9.51. The molecular weight excluding hydrogens is 339 g/mol. The fourth-order valence-electron chi connectivity index (χ4n) is 3.57. The summed E-state index contributed by atoms with van der Waals surface area (Å²) in [6.45, 7) is 3.29. The van der Waals surface area contributed by atoms with Crippen LogP contribution in [-0.4, -0.2) is 49.2 Å². The fourth-order valence-corrected chi connectivity index (χ4v) is 4.52. The van der Waals surface area contributed by atoms with E-state index in [1.807, 2.05) is 0 Å². The van der Waals surface area contributed by atoms with Gasteiger partial charge in [-0.15, -0.1) is 11.3 Å². The van der Waals surface area contributed by atoms with Crippen molar-refractivity contribution >= 4 is 17.2 Å². The number of rotatable bonds is 4. The highest BCUT2D eigenvalue weighted by Gasteiger charge is 2.32. The van der Waals surface area contributed by atoms with E-state index in [9.17, 15) is 9.18 Å². The molecule has 0 aliphatic carbocycles.